The first-order valence-electron chi connectivity index (χ1n) is 7.99. The molecule has 0 atom stereocenters. The molecule has 0 saturated heterocycles. The van der Waals surface area contributed by atoms with Crippen LogP contribution in [0.5, 0.6) is 5.75 Å². The van der Waals surface area contributed by atoms with E-state index in [9.17, 15) is 9.59 Å². The summed E-state index contributed by atoms with van der Waals surface area (Å²) in [6, 6.07) is 7.29. The predicted molar refractivity (Wildman–Crippen MR) is 98.1 cm³/mol. The number of amides is 1. The smallest absolute Gasteiger partial charge is 0.408 e. The summed E-state index contributed by atoms with van der Waals surface area (Å²) in [5.41, 5.74) is 0.918. The zero-order valence-corrected chi connectivity index (χ0v) is 16.0. The van der Waals surface area contributed by atoms with E-state index in [-0.39, 0.29) is 13.2 Å². The lowest BCUT2D eigenvalue weighted by Gasteiger charge is -2.19. The topological polar surface area (TPSA) is 86.8 Å². The second-order valence-corrected chi connectivity index (χ2v) is 7.29. The van der Waals surface area contributed by atoms with Crippen molar-refractivity contribution in [3.8, 4) is 17.0 Å². The Morgan fingerprint density at radius 3 is 2.65 bits per heavy atom. The molecule has 2 rings (SSSR count). The molecular formula is C18H22N2O5S. The quantitative estimate of drug-likeness (QED) is 0.776. The number of rotatable bonds is 6. The number of ether oxygens (including phenoxy) is 3. The molecule has 0 unspecified atom stereocenters. The molecule has 7 nitrogen and oxygen atoms in total. The molecule has 0 aliphatic carbocycles. The van der Waals surface area contributed by atoms with Gasteiger partial charge in [-0.3, -0.25) is 0 Å². The standard InChI is InChI=1S/C18H22N2O5S/c1-18(2,3)25-17(22)19-9-15-20-13(11-26-15)12-7-5-6-8-14(12)24-10-16(21)23-4/h5-8,11H,9-10H2,1-4H3,(H,19,22). The zero-order valence-electron chi connectivity index (χ0n) is 15.2. The van der Waals surface area contributed by atoms with Crippen molar-refractivity contribution in [3.05, 3.63) is 34.7 Å². The number of nitrogens with zero attached hydrogens (tertiary/aromatic N) is 1. The molecule has 0 bridgehead atoms. The fourth-order valence-corrected chi connectivity index (χ4v) is 2.71. The summed E-state index contributed by atoms with van der Waals surface area (Å²) in [6.45, 7) is 5.51. The number of hydrogen-bond donors (Lipinski definition) is 1. The Bertz CT molecular complexity index is 767. The van der Waals surface area contributed by atoms with Crippen LogP contribution in [0.2, 0.25) is 0 Å². The molecule has 1 amide bonds. The average molecular weight is 378 g/mol. The molecule has 1 aromatic carbocycles. The van der Waals surface area contributed by atoms with Crippen LogP contribution >= 0.6 is 11.3 Å². The van der Waals surface area contributed by atoms with Crippen LogP contribution in [-0.4, -0.2) is 36.4 Å². The van der Waals surface area contributed by atoms with Gasteiger partial charge in [0.05, 0.1) is 19.3 Å². The molecule has 1 aromatic heterocycles. The molecule has 0 radical (unpaired) electrons. The van der Waals surface area contributed by atoms with Crippen LogP contribution in [0.3, 0.4) is 0 Å². The van der Waals surface area contributed by atoms with E-state index >= 15 is 0 Å². The minimum atomic E-state index is -0.548. The van der Waals surface area contributed by atoms with Gasteiger partial charge in [-0.25, -0.2) is 14.6 Å². The van der Waals surface area contributed by atoms with Crippen molar-refractivity contribution < 1.29 is 23.8 Å². The normalized spacial score (nSPS) is 10.9. The number of para-hydroxylation sites is 1. The number of carbonyl (C=O) groups is 2. The summed E-state index contributed by atoms with van der Waals surface area (Å²) >= 11 is 1.41. The van der Waals surface area contributed by atoms with Gasteiger partial charge in [0, 0.05) is 10.9 Å². The van der Waals surface area contributed by atoms with Gasteiger partial charge >= 0.3 is 12.1 Å². The summed E-state index contributed by atoms with van der Waals surface area (Å²) in [4.78, 5) is 27.5. The summed E-state index contributed by atoms with van der Waals surface area (Å²) < 4.78 is 15.3. The van der Waals surface area contributed by atoms with Crippen LogP contribution in [-0.2, 0) is 20.8 Å². The Morgan fingerprint density at radius 2 is 1.96 bits per heavy atom. The highest BCUT2D eigenvalue weighted by molar-refractivity contribution is 7.09. The van der Waals surface area contributed by atoms with Crippen LogP contribution in [0.1, 0.15) is 25.8 Å². The first-order chi connectivity index (χ1) is 12.3. The number of alkyl carbamates (subject to hydrolysis) is 1. The maximum atomic E-state index is 11.7. The lowest BCUT2D eigenvalue weighted by atomic mass is 10.1. The number of nitrogens with one attached hydrogen (secondary N) is 1. The van der Waals surface area contributed by atoms with E-state index in [1.54, 1.807) is 26.8 Å². The lowest BCUT2D eigenvalue weighted by Crippen LogP contribution is -2.32. The SMILES string of the molecule is COC(=O)COc1ccccc1-c1csc(CNC(=O)OC(C)(C)C)n1. The molecule has 0 aliphatic rings. The van der Waals surface area contributed by atoms with Crippen molar-refractivity contribution in [2.45, 2.75) is 32.9 Å². The molecule has 8 heteroatoms. The highest BCUT2D eigenvalue weighted by Crippen LogP contribution is 2.30. The number of thiazole rings is 1. The fraction of sp³-hybridized carbons (Fsp3) is 0.389. The molecule has 0 spiro atoms. The summed E-state index contributed by atoms with van der Waals surface area (Å²) in [5, 5.41) is 5.27. The summed E-state index contributed by atoms with van der Waals surface area (Å²) in [7, 11) is 1.31. The molecule has 0 saturated carbocycles. The van der Waals surface area contributed by atoms with Crippen molar-refractivity contribution in [1.82, 2.24) is 10.3 Å². The summed E-state index contributed by atoms with van der Waals surface area (Å²) in [6.07, 6.45) is -0.490. The van der Waals surface area contributed by atoms with Gasteiger partial charge in [0.15, 0.2) is 6.61 Å². The number of benzene rings is 1. The van der Waals surface area contributed by atoms with Crippen LogP contribution in [0.15, 0.2) is 29.6 Å². The highest BCUT2D eigenvalue weighted by Gasteiger charge is 2.17. The third-order valence-corrected chi connectivity index (χ3v) is 3.92. The molecule has 0 aliphatic heterocycles. The first kappa shape index (κ1) is 19.7. The molecule has 26 heavy (non-hydrogen) atoms. The van der Waals surface area contributed by atoms with E-state index < -0.39 is 17.7 Å². The third kappa shape index (κ3) is 6.03. The average Bonchev–Trinajstić information content (AvgIpc) is 3.05. The van der Waals surface area contributed by atoms with E-state index in [2.05, 4.69) is 15.0 Å². The van der Waals surface area contributed by atoms with Gasteiger partial charge < -0.3 is 19.5 Å². The van der Waals surface area contributed by atoms with Crippen molar-refractivity contribution in [2.24, 2.45) is 0 Å². The van der Waals surface area contributed by atoms with Crippen LogP contribution in [0.4, 0.5) is 4.79 Å². The van der Waals surface area contributed by atoms with E-state index in [1.807, 2.05) is 23.6 Å². The van der Waals surface area contributed by atoms with Crippen LogP contribution < -0.4 is 10.1 Å². The number of carbonyl (C=O) groups excluding carboxylic acids is 2. The van der Waals surface area contributed by atoms with Crippen molar-refractivity contribution in [3.63, 3.8) is 0 Å². The Morgan fingerprint density at radius 1 is 1.23 bits per heavy atom. The lowest BCUT2D eigenvalue weighted by molar-refractivity contribution is -0.142. The van der Waals surface area contributed by atoms with Crippen molar-refractivity contribution >= 4 is 23.4 Å². The van der Waals surface area contributed by atoms with Crippen molar-refractivity contribution in [2.75, 3.05) is 13.7 Å². The second kappa shape index (κ2) is 8.66. The Hall–Kier alpha value is -2.61. The van der Waals surface area contributed by atoms with Crippen LogP contribution in [0.25, 0.3) is 11.3 Å². The van der Waals surface area contributed by atoms with Gasteiger partial charge in [0.2, 0.25) is 0 Å². The van der Waals surface area contributed by atoms with Gasteiger partial charge in [-0.2, -0.15) is 0 Å². The Balaban J connectivity index is 2.03. The largest absolute Gasteiger partial charge is 0.481 e. The molecule has 1 N–H and O–H groups in total. The summed E-state index contributed by atoms with van der Waals surface area (Å²) in [5.74, 6) is 0.0789. The van der Waals surface area contributed by atoms with Gasteiger partial charge in [-0.1, -0.05) is 12.1 Å². The first-order valence-corrected chi connectivity index (χ1v) is 8.87. The monoisotopic (exact) mass is 378 g/mol. The second-order valence-electron chi connectivity index (χ2n) is 6.34. The van der Waals surface area contributed by atoms with E-state index in [1.165, 1.54) is 18.4 Å². The van der Waals surface area contributed by atoms with E-state index in [4.69, 9.17) is 9.47 Å². The predicted octanol–water partition coefficient (Wildman–Crippen LogP) is 3.39. The van der Waals surface area contributed by atoms with Gasteiger partial charge in [0.1, 0.15) is 16.4 Å². The minimum Gasteiger partial charge on any atom is -0.481 e. The maximum Gasteiger partial charge on any atom is 0.408 e. The zero-order chi connectivity index (χ0) is 19.2. The fourth-order valence-electron chi connectivity index (χ4n) is 1.98. The van der Waals surface area contributed by atoms with E-state index in [0.717, 1.165) is 10.6 Å². The number of methoxy groups -OCH3 is 1. The van der Waals surface area contributed by atoms with Crippen LogP contribution in [0, 0.1) is 0 Å². The molecule has 140 valence electrons. The maximum absolute atomic E-state index is 11.7. The Labute approximate surface area is 156 Å². The van der Waals surface area contributed by atoms with Gasteiger partial charge in [0.25, 0.3) is 0 Å². The molecule has 2 aromatic rings. The van der Waals surface area contributed by atoms with E-state index in [0.29, 0.717) is 11.4 Å². The molecule has 0 fully saturated rings. The van der Waals surface area contributed by atoms with Gasteiger partial charge in [-0.15, -0.1) is 11.3 Å². The third-order valence-electron chi connectivity index (χ3n) is 3.07. The van der Waals surface area contributed by atoms with Crippen molar-refractivity contribution in [1.29, 1.82) is 0 Å². The van der Waals surface area contributed by atoms with Gasteiger partial charge in [-0.05, 0) is 32.9 Å². The number of hydrogen-bond acceptors (Lipinski definition) is 7. The molecular weight excluding hydrogens is 356 g/mol. The number of esters is 1. The minimum absolute atomic E-state index is 0.176. The highest BCUT2D eigenvalue weighted by atomic mass is 32.1. The molecule has 1 heterocycles. The number of aromatic nitrogens is 1. The Kier molecular flexibility index (Phi) is 6.57.